The molecule has 2 aromatic rings. The summed E-state index contributed by atoms with van der Waals surface area (Å²) in [6, 6.07) is 13.4. The first-order valence-corrected chi connectivity index (χ1v) is 7.99. The summed E-state index contributed by atoms with van der Waals surface area (Å²) < 4.78 is 0. The largest absolute Gasteiger partial charge is 0.322 e. The number of carbonyl (C=O) groups excluding carboxylic acids is 1. The smallest absolute Gasteiger partial charge is 0.270 e. The van der Waals surface area contributed by atoms with Gasteiger partial charge in [-0.3, -0.25) is 19.8 Å². The zero-order valence-electron chi connectivity index (χ0n) is 13.3. The summed E-state index contributed by atoms with van der Waals surface area (Å²) in [4.78, 5) is 24.9. The molecule has 0 radical (unpaired) electrons. The predicted octanol–water partition coefficient (Wildman–Crippen LogP) is 3.44. The van der Waals surface area contributed by atoms with Crippen molar-refractivity contribution in [3.05, 3.63) is 69.8 Å². The van der Waals surface area contributed by atoms with Crippen LogP contribution in [0.4, 0.5) is 11.4 Å². The Balaban J connectivity index is 1.63. The Bertz CT molecular complexity index is 737. The van der Waals surface area contributed by atoms with E-state index in [9.17, 15) is 14.9 Å². The maximum atomic E-state index is 12.2. The van der Waals surface area contributed by atoms with Gasteiger partial charge >= 0.3 is 0 Å². The topological polar surface area (TPSA) is 75.5 Å². The molecule has 0 bridgehead atoms. The maximum absolute atomic E-state index is 12.2. The summed E-state index contributed by atoms with van der Waals surface area (Å²) in [6.07, 6.45) is 2.52. The highest BCUT2D eigenvalue weighted by atomic mass is 16.6. The molecule has 1 heterocycles. The summed E-state index contributed by atoms with van der Waals surface area (Å²) in [5, 5.41) is 13.6. The Labute approximate surface area is 140 Å². The number of hydrogen-bond donors (Lipinski definition) is 1. The third kappa shape index (κ3) is 3.97. The van der Waals surface area contributed by atoms with E-state index in [-0.39, 0.29) is 17.2 Å². The lowest BCUT2D eigenvalue weighted by Crippen LogP contribution is -2.18. The fourth-order valence-corrected chi connectivity index (χ4v) is 2.86. The molecule has 0 spiro atoms. The first-order chi connectivity index (χ1) is 11.6. The average molecular weight is 325 g/mol. The summed E-state index contributed by atoms with van der Waals surface area (Å²) in [6.45, 7) is 3.22. The van der Waals surface area contributed by atoms with Crippen LogP contribution in [0, 0.1) is 10.1 Å². The molecule has 0 saturated carbocycles. The minimum absolute atomic E-state index is 0.0939. The molecule has 2 aromatic carbocycles. The third-order valence-corrected chi connectivity index (χ3v) is 4.14. The molecule has 0 atom stereocenters. The molecule has 24 heavy (non-hydrogen) atoms. The first-order valence-electron chi connectivity index (χ1n) is 7.99. The lowest BCUT2D eigenvalue weighted by Gasteiger charge is -2.14. The number of rotatable bonds is 5. The van der Waals surface area contributed by atoms with Crippen LogP contribution >= 0.6 is 0 Å². The fourth-order valence-electron chi connectivity index (χ4n) is 2.86. The second kappa shape index (κ2) is 7.23. The molecule has 6 nitrogen and oxygen atoms in total. The van der Waals surface area contributed by atoms with Crippen molar-refractivity contribution in [2.45, 2.75) is 19.4 Å². The van der Waals surface area contributed by atoms with E-state index in [0.29, 0.717) is 5.69 Å². The van der Waals surface area contributed by atoms with Crippen LogP contribution in [-0.4, -0.2) is 28.8 Å². The Morgan fingerprint density at radius 3 is 2.50 bits per heavy atom. The second-order valence-corrected chi connectivity index (χ2v) is 5.94. The quantitative estimate of drug-likeness (QED) is 0.675. The molecule has 0 unspecified atom stereocenters. The van der Waals surface area contributed by atoms with E-state index >= 15 is 0 Å². The highest BCUT2D eigenvalue weighted by Crippen LogP contribution is 2.17. The van der Waals surface area contributed by atoms with Gasteiger partial charge in [0.25, 0.3) is 11.6 Å². The summed E-state index contributed by atoms with van der Waals surface area (Å²) in [5.74, 6) is -0.356. The zero-order chi connectivity index (χ0) is 16.9. The Morgan fingerprint density at radius 1 is 1.12 bits per heavy atom. The van der Waals surface area contributed by atoms with Crippen LogP contribution in [-0.2, 0) is 6.54 Å². The monoisotopic (exact) mass is 325 g/mol. The van der Waals surface area contributed by atoms with Crippen LogP contribution in [0.5, 0.6) is 0 Å². The van der Waals surface area contributed by atoms with E-state index in [1.165, 1.54) is 36.6 Å². The second-order valence-electron chi connectivity index (χ2n) is 5.94. The molecule has 1 amide bonds. The van der Waals surface area contributed by atoms with E-state index < -0.39 is 4.92 Å². The lowest BCUT2D eigenvalue weighted by atomic mass is 10.1. The molecule has 1 aliphatic heterocycles. The number of anilines is 1. The number of nitro groups is 1. The van der Waals surface area contributed by atoms with Crippen LogP contribution in [0.1, 0.15) is 28.8 Å². The molecular weight excluding hydrogens is 306 g/mol. The van der Waals surface area contributed by atoms with Gasteiger partial charge in [-0.1, -0.05) is 18.2 Å². The third-order valence-electron chi connectivity index (χ3n) is 4.14. The predicted molar refractivity (Wildman–Crippen MR) is 92.0 cm³/mol. The van der Waals surface area contributed by atoms with Gasteiger partial charge in [0, 0.05) is 29.9 Å². The normalized spacial score (nSPS) is 14.5. The highest BCUT2D eigenvalue weighted by Gasteiger charge is 2.13. The Morgan fingerprint density at radius 2 is 1.83 bits per heavy atom. The first kappa shape index (κ1) is 16.1. The lowest BCUT2D eigenvalue weighted by molar-refractivity contribution is -0.384. The molecule has 0 aromatic heterocycles. The Kier molecular flexibility index (Phi) is 4.86. The number of nitro benzene ring substituents is 1. The number of non-ortho nitro benzene ring substituents is 1. The summed E-state index contributed by atoms with van der Waals surface area (Å²) in [7, 11) is 0. The van der Waals surface area contributed by atoms with Crippen molar-refractivity contribution in [2.24, 2.45) is 0 Å². The van der Waals surface area contributed by atoms with Crippen LogP contribution in [0.15, 0.2) is 48.5 Å². The standard InChI is InChI=1S/C18H19N3O3/c22-18(15-4-3-5-17(12-15)21(23)24)19-16-8-6-14(7-9-16)13-20-10-1-2-11-20/h3-9,12H,1-2,10-11,13H2,(H,19,22). The van der Waals surface area contributed by atoms with E-state index in [1.54, 1.807) is 6.07 Å². The van der Waals surface area contributed by atoms with Crippen molar-refractivity contribution in [3.8, 4) is 0 Å². The molecule has 1 aliphatic rings. The van der Waals surface area contributed by atoms with Crippen molar-refractivity contribution in [1.82, 2.24) is 4.90 Å². The van der Waals surface area contributed by atoms with Gasteiger partial charge < -0.3 is 5.32 Å². The zero-order valence-corrected chi connectivity index (χ0v) is 13.3. The number of likely N-dealkylation sites (tertiary alicyclic amines) is 1. The van der Waals surface area contributed by atoms with Gasteiger partial charge in [0.2, 0.25) is 0 Å². The number of carbonyl (C=O) groups is 1. The molecule has 1 saturated heterocycles. The number of hydrogen-bond acceptors (Lipinski definition) is 4. The SMILES string of the molecule is O=C(Nc1ccc(CN2CCCC2)cc1)c1cccc([N+](=O)[O-])c1. The fraction of sp³-hybridized carbons (Fsp3) is 0.278. The number of benzene rings is 2. The van der Waals surface area contributed by atoms with Crippen molar-refractivity contribution >= 4 is 17.3 Å². The van der Waals surface area contributed by atoms with Crippen molar-refractivity contribution in [1.29, 1.82) is 0 Å². The molecule has 1 fully saturated rings. The Hall–Kier alpha value is -2.73. The number of nitrogens with one attached hydrogen (secondary N) is 1. The average Bonchev–Trinajstić information content (AvgIpc) is 3.10. The van der Waals surface area contributed by atoms with Crippen molar-refractivity contribution in [2.75, 3.05) is 18.4 Å². The van der Waals surface area contributed by atoms with Crippen molar-refractivity contribution < 1.29 is 9.72 Å². The van der Waals surface area contributed by atoms with Crippen LogP contribution in [0.2, 0.25) is 0 Å². The van der Waals surface area contributed by atoms with Gasteiger partial charge in [0.1, 0.15) is 0 Å². The summed E-state index contributed by atoms with van der Waals surface area (Å²) in [5.41, 5.74) is 2.07. The van der Waals surface area contributed by atoms with Crippen LogP contribution in [0.25, 0.3) is 0 Å². The maximum Gasteiger partial charge on any atom is 0.270 e. The van der Waals surface area contributed by atoms with E-state index in [0.717, 1.165) is 19.6 Å². The molecule has 1 N–H and O–H groups in total. The van der Waals surface area contributed by atoms with Gasteiger partial charge in [-0.15, -0.1) is 0 Å². The van der Waals surface area contributed by atoms with Crippen LogP contribution in [0.3, 0.4) is 0 Å². The van der Waals surface area contributed by atoms with Crippen molar-refractivity contribution in [3.63, 3.8) is 0 Å². The summed E-state index contributed by atoms with van der Waals surface area (Å²) >= 11 is 0. The van der Waals surface area contributed by atoms with Gasteiger partial charge in [-0.2, -0.15) is 0 Å². The van der Waals surface area contributed by atoms with E-state index in [4.69, 9.17) is 0 Å². The number of nitrogens with zero attached hydrogens (tertiary/aromatic N) is 2. The molecule has 3 rings (SSSR count). The van der Waals surface area contributed by atoms with Gasteiger partial charge in [0.15, 0.2) is 0 Å². The van der Waals surface area contributed by atoms with E-state index in [1.807, 2.05) is 24.3 Å². The molecule has 124 valence electrons. The molecule has 6 heteroatoms. The number of amides is 1. The molecular formula is C18H19N3O3. The molecule has 0 aliphatic carbocycles. The highest BCUT2D eigenvalue weighted by molar-refractivity contribution is 6.04. The van der Waals surface area contributed by atoms with Gasteiger partial charge in [-0.25, -0.2) is 0 Å². The van der Waals surface area contributed by atoms with Gasteiger partial charge in [-0.05, 0) is 49.7 Å². The van der Waals surface area contributed by atoms with Gasteiger partial charge in [0.05, 0.1) is 4.92 Å². The van der Waals surface area contributed by atoms with Crippen LogP contribution < -0.4 is 5.32 Å². The minimum atomic E-state index is -0.510. The minimum Gasteiger partial charge on any atom is -0.322 e. The van der Waals surface area contributed by atoms with E-state index in [2.05, 4.69) is 10.2 Å².